The minimum atomic E-state index is -0.363. The first-order valence-electron chi connectivity index (χ1n) is 17.4. The van der Waals surface area contributed by atoms with E-state index >= 15 is 0 Å². The summed E-state index contributed by atoms with van der Waals surface area (Å²) in [7, 11) is 10.9. The number of imidazole rings is 3. The lowest BCUT2D eigenvalue weighted by Crippen LogP contribution is -2.31. The maximum absolute atomic E-state index is 14.1. The van der Waals surface area contributed by atoms with Crippen molar-refractivity contribution in [2.75, 3.05) is 35.8 Å². The van der Waals surface area contributed by atoms with Crippen molar-refractivity contribution in [3.8, 4) is 17.1 Å². The molecule has 0 aliphatic heterocycles. The van der Waals surface area contributed by atoms with E-state index in [-0.39, 0.29) is 34.4 Å². The Morgan fingerprint density at radius 3 is 1.19 bits per heavy atom. The first-order chi connectivity index (χ1) is 25.9. The monoisotopic (exact) mass is 720 g/mol. The highest BCUT2D eigenvalue weighted by Crippen LogP contribution is 2.24. The van der Waals surface area contributed by atoms with Crippen LogP contribution in [0.25, 0.3) is 17.1 Å². The quantitative estimate of drug-likeness (QED) is 0.208. The number of benzene rings is 4. The highest BCUT2D eigenvalue weighted by molar-refractivity contribution is 6.14. The van der Waals surface area contributed by atoms with Crippen molar-refractivity contribution in [3.63, 3.8) is 0 Å². The van der Waals surface area contributed by atoms with E-state index in [1.807, 2.05) is 178 Å². The van der Waals surface area contributed by atoms with E-state index in [9.17, 15) is 14.4 Å². The minimum Gasteiger partial charge on any atom is -0.311 e. The number of carbonyl (C=O) groups is 3. The summed E-state index contributed by atoms with van der Waals surface area (Å²) in [5.41, 5.74) is 5.43. The lowest BCUT2D eigenvalue weighted by Gasteiger charge is -2.22. The van der Waals surface area contributed by atoms with Gasteiger partial charge in [0.05, 0.1) is 21.1 Å². The van der Waals surface area contributed by atoms with E-state index in [0.29, 0.717) is 17.1 Å². The summed E-state index contributed by atoms with van der Waals surface area (Å²) in [6.07, 6.45) is 17.5. The van der Waals surface area contributed by atoms with E-state index in [2.05, 4.69) is 0 Å². The van der Waals surface area contributed by atoms with Gasteiger partial charge >= 0.3 is 0 Å². The van der Waals surface area contributed by atoms with Gasteiger partial charge in [0.1, 0.15) is 54.2 Å². The molecule has 0 spiro atoms. The fraction of sp³-hybridized carbons (Fsp3) is 0.143. The van der Waals surface area contributed by atoms with Crippen molar-refractivity contribution in [2.45, 2.75) is 0 Å². The minimum absolute atomic E-state index is 0.210. The summed E-state index contributed by atoms with van der Waals surface area (Å²) >= 11 is 0. The van der Waals surface area contributed by atoms with Gasteiger partial charge in [-0.15, -0.1) is 0 Å². The Morgan fingerprint density at radius 2 is 0.870 bits per heavy atom. The predicted molar refractivity (Wildman–Crippen MR) is 205 cm³/mol. The van der Waals surface area contributed by atoms with Crippen molar-refractivity contribution >= 4 is 34.8 Å². The molecule has 0 radical (unpaired) electrons. The van der Waals surface area contributed by atoms with E-state index in [1.54, 1.807) is 39.3 Å². The molecule has 7 rings (SSSR count). The van der Waals surface area contributed by atoms with Gasteiger partial charge in [0, 0.05) is 54.9 Å². The van der Waals surface area contributed by atoms with Crippen LogP contribution in [-0.2, 0) is 21.1 Å². The van der Waals surface area contributed by atoms with Crippen LogP contribution < -0.4 is 28.4 Å². The van der Waals surface area contributed by atoms with E-state index in [4.69, 9.17) is 0 Å². The second kappa shape index (κ2) is 14.5. The Kier molecular flexibility index (Phi) is 9.49. The van der Waals surface area contributed by atoms with Gasteiger partial charge in [-0.3, -0.25) is 14.4 Å². The summed E-state index contributed by atoms with van der Waals surface area (Å²) in [5.74, 6) is -1.09. The van der Waals surface area contributed by atoms with Crippen molar-refractivity contribution in [1.29, 1.82) is 0 Å². The number of amides is 3. The third-order valence-electron chi connectivity index (χ3n) is 9.50. The molecule has 3 amide bonds. The molecule has 0 aliphatic carbocycles. The van der Waals surface area contributed by atoms with Gasteiger partial charge in [0.2, 0.25) is 19.0 Å². The van der Waals surface area contributed by atoms with Crippen LogP contribution in [0.3, 0.4) is 0 Å². The summed E-state index contributed by atoms with van der Waals surface area (Å²) < 4.78 is 11.8. The Bertz CT molecular complexity index is 2190. The summed E-state index contributed by atoms with van der Waals surface area (Å²) in [4.78, 5) is 47.0. The molecule has 0 aliphatic rings. The van der Waals surface area contributed by atoms with Gasteiger partial charge in [-0.05, 0) is 91.0 Å². The molecule has 0 N–H and O–H groups in total. The van der Waals surface area contributed by atoms with Crippen LogP contribution in [-0.4, -0.2) is 52.6 Å². The van der Waals surface area contributed by atoms with Crippen molar-refractivity contribution in [3.05, 3.63) is 164 Å². The Labute approximate surface area is 313 Å². The zero-order valence-corrected chi connectivity index (χ0v) is 31.1. The average Bonchev–Trinajstić information content (AvgIpc) is 3.97. The number of nitrogens with zero attached hydrogens (tertiary/aromatic N) is 9. The van der Waals surface area contributed by atoms with Gasteiger partial charge in [0.25, 0.3) is 17.7 Å². The maximum Gasteiger partial charge on any atom is 0.258 e. The number of rotatable bonds is 9. The number of hydrogen-bond donors (Lipinski definition) is 0. The molecule has 12 nitrogen and oxygen atoms in total. The van der Waals surface area contributed by atoms with Crippen LogP contribution >= 0.6 is 0 Å². The molecular formula is C42H42N9O3+3. The third-order valence-corrected chi connectivity index (χ3v) is 9.50. The van der Waals surface area contributed by atoms with Crippen LogP contribution in [0.2, 0.25) is 0 Å². The average molecular weight is 721 g/mol. The second-order valence-corrected chi connectivity index (χ2v) is 13.4. The number of hydrogen-bond acceptors (Lipinski definition) is 3. The molecule has 0 atom stereocenters. The van der Waals surface area contributed by atoms with Gasteiger partial charge in [-0.2, -0.15) is 0 Å². The second-order valence-electron chi connectivity index (χ2n) is 13.4. The normalized spacial score (nSPS) is 11.0. The van der Waals surface area contributed by atoms with E-state index in [1.165, 1.54) is 14.7 Å². The van der Waals surface area contributed by atoms with Gasteiger partial charge in [-0.25, -0.2) is 27.4 Å². The van der Waals surface area contributed by atoms with Gasteiger partial charge in [0.15, 0.2) is 0 Å². The standard InChI is InChI=1S/C42H42N9O3/c1-43-19-22-49(28-43)37-13-7-34(8-14-37)46(4)40(52)31-25-32(41(53)47(5)35-9-15-38(16-10-35)50-23-20-44(2)29-50)27-33(26-31)42(54)48(6)36-11-17-39(18-12-36)51-24-21-45(3)30-51/h7-30H,1-6H3/q+3. The zero-order valence-electron chi connectivity index (χ0n) is 31.1. The summed E-state index contributed by atoms with van der Waals surface area (Å²) in [5, 5.41) is 0. The highest BCUT2D eigenvalue weighted by Gasteiger charge is 2.24. The molecule has 270 valence electrons. The molecule has 54 heavy (non-hydrogen) atoms. The number of carbonyl (C=O) groups excluding carboxylic acids is 3. The van der Waals surface area contributed by atoms with Crippen LogP contribution in [0.1, 0.15) is 31.1 Å². The fourth-order valence-corrected chi connectivity index (χ4v) is 6.28. The van der Waals surface area contributed by atoms with Gasteiger partial charge in [-0.1, -0.05) is 0 Å². The molecule has 12 heteroatoms. The topological polar surface area (TPSA) is 87.4 Å². The molecule has 0 fully saturated rings. The first-order valence-corrected chi connectivity index (χ1v) is 17.4. The van der Waals surface area contributed by atoms with Crippen molar-refractivity contribution in [2.24, 2.45) is 21.1 Å². The lowest BCUT2D eigenvalue weighted by atomic mass is 10.0. The molecule has 4 aromatic carbocycles. The summed E-state index contributed by atoms with van der Waals surface area (Å²) in [6.45, 7) is 0. The van der Waals surface area contributed by atoms with E-state index in [0.717, 1.165) is 17.1 Å². The zero-order chi connectivity index (χ0) is 38.1. The van der Waals surface area contributed by atoms with Crippen molar-refractivity contribution < 1.29 is 28.1 Å². The SMILES string of the molecule is CN(C(=O)c1cc(C(=O)N(C)c2ccc(-[n+]3ccn(C)c3)cc2)cc(C(=O)N(C)c2ccc(-[n+]3ccn(C)c3)cc2)c1)c1ccc(-n2cc[n+](C)c2)cc1. The first kappa shape index (κ1) is 35.3. The van der Waals surface area contributed by atoms with Crippen LogP contribution in [0.5, 0.6) is 0 Å². The third kappa shape index (κ3) is 7.17. The molecular weight excluding hydrogens is 679 g/mol. The van der Waals surface area contributed by atoms with E-state index < -0.39 is 0 Å². The fourth-order valence-electron chi connectivity index (χ4n) is 6.28. The van der Waals surface area contributed by atoms with Crippen LogP contribution in [0.15, 0.2) is 147 Å². The van der Waals surface area contributed by atoms with Gasteiger partial charge < -0.3 is 14.7 Å². The maximum atomic E-state index is 14.1. The van der Waals surface area contributed by atoms with Crippen LogP contribution in [0.4, 0.5) is 17.1 Å². The molecule has 0 bridgehead atoms. The lowest BCUT2D eigenvalue weighted by molar-refractivity contribution is -0.670. The molecule has 7 aromatic rings. The Morgan fingerprint density at radius 1 is 0.500 bits per heavy atom. The molecule has 0 unspecified atom stereocenters. The summed E-state index contributed by atoms with van der Waals surface area (Å²) in [6, 6.07) is 27.5. The molecule has 0 saturated carbocycles. The number of aryl methyl sites for hydroxylation is 3. The number of anilines is 3. The molecule has 3 heterocycles. The predicted octanol–water partition coefficient (Wildman–Crippen LogP) is 4.36. The highest BCUT2D eigenvalue weighted by atomic mass is 16.2. The largest absolute Gasteiger partial charge is 0.311 e. The number of aromatic nitrogens is 6. The molecule has 3 aromatic heterocycles. The molecule has 0 saturated heterocycles. The Balaban J connectivity index is 1.19. The Hall–Kier alpha value is -7.08. The van der Waals surface area contributed by atoms with Crippen molar-refractivity contribution in [1.82, 2.24) is 13.7 Å². The smallest absolute Gasteiger partial charge is 0.258 e. The van der Waals surface area contributed by atoms with Crippen LogP contribution in [0, 0.1) is 0 Å².